The van der Waals surface area contributed by atoms with E-state index in [9.17, 15) is 4.79 Å². The number of benzene rings is 2. The fraction of sp³-hybridized carbons (Fsp3) is 0.316. The van der Waals surface area contributed by atoms with Gasteiger partial charge in [0.25, 0.3) is 0 Å². The molecule has 2 aromatic carbocycles. The number of hydrogen-bond acceptors (Lipinski definition) is 2. The van der Waals surface area contributed by atoms with E-state index in [0.717, 1.165) is 17.7 Å². The van der Waals surface area contributed by atoms with E-state index in [1.54, 1.807) is 7.11 Å². The summed E-state index contributed by atoms with van der Waals surface area (Å²) in [5.74, 6) is 0.916. The zero-order valence-electron chi connectivity index (χ0n) is 13.5. The van der Waals surface area contributed by atoms with E-state index in [2.05, 4.69) is 37.4 Å². The van der Waals surface area contributed by atoms with Crippen LogP contribution in [0.25, 0.3) is 0 Å². The first-order valence-electron chi connectivity index (χ1n) is 7.54. The van der Waals surface area contributed by atoms with Gasteiger partial charge in [-0.25, -0.2) is 0 Å². The van der Waals surface area contributed by atoms with Crippen molar-refractivity contribution in [2.75, 3.05) is 7.11 Å². The zero-order chi connectivity index (χ0) is 15.9. The van der Waals surface area contributed by atoms with Gasteiger partial charge in [0.2, 0.25) is 5.91 Å². The lowest BCUT2D eigenvalue weighted by Crippen LogP contribution is -2.23. The molecule has 0 unspecified atom stereocenters. The molecular formula is C19H23NO2. The highest BCUT2D eigenvalue weighted by Gasteiger charge is 2.04. The van der Waals surface area contributed by atoms with Crippen LogP contribution in [0.3, 0.4) is 0 Å². The third-order valence-corrected chi connectivity index (χ3v) is 3.77. The summed E-state index contributed by atoms with van der Waals surface area (Å²) in [5.41, 5.74) is 4.77. The molecule has 0 saturated heterocycles. The highest BCUT2D eigenvalue weighted by molar-refractivity contribution is 5.76. The van der Waals surface area contributed by atoms with Gasteiger partial charge in [0, 0.05) is 13.0 Å². The number of methoxy groups -OCH3 is 1. The lowest BCUT2D eigenvalue weighted by Gasteiger charge is -2.09. The van der Waals surface area contributed by atoms with Crippen molar-refractivity contribution in [2.45, 2.75) is 33.2 Å². The van der Waals surface area contributed by atoms with Crippen molar-refractivity contribution in [3.8, 4) is 5.75 Å². The largest absolute Gasteiger partial charge is 0.497 e. The van der Waals surface area contributed by atoms with Crippen LogP contribution in [0.2, 0.25) is 0 Å². The summed E-state index contributed by atoms with van der Waals surface area (Å²) in [4.78, 5) is 12.0. The van der Waals surface area contributed by atoms with Crippen LogP contribution in [-0.2, 0) is 17.8 Å². The van der Waals surface area contributed by atoms with Crippen LogP contribution in [0, 0.1) is 13.8 Å². The molecule has 2 aromatic rings. The second-order valence-electron chi connectivity index (χ2n) is 5.55. The number of aryl methyl sites for hydroxylation is 3. The van der Waals surface area contributed by atoms with Crippen LogP contribution in [0.1, 0.15) is 28.7 Å². The number of nitrogens with one attached hydrogen (secondary N) is 1. The lowest BCUT2D eigenvalue weighted by atomic mass is 10.1. The summed E-state index contributed by atoms with van der Waals surface area (Å²) in [5, 5.41) is 2.99. The van der Waals surface area contributed by atoms with Crippen molar-refractivity contribution in [2.24, 2.45) is 0 Å². The number of carbonyl (C=O) groups is 1. The normalized spacial score (nSPS) is 10.3. The molecule has 22 heavy (non-hydrogen) atoms. The molecule has 0 aliphatic carbocycles. The van der Waals surface area contributed by atoms with Crippen molar-refractivity contribution < 1.29 is 9.53 Å². The SMILES string of the molecule is COc1ccc(CCC(=O)NCc2ccc(C)cc2C)cc1. The quantitative estimate of drug-likeness (QED) is 0.885. The predicted molar refractivity (Wildman–Crippen MR) is 89.1 cm³/mol. The first-order chi connectivity index (χ1) is 10.6. The molecule has 0 radical (unpaired) electrons. The third kappa shape index (κ3) is 4.62. The average molecular weight is 297 g/mol. The van der Waals surface area contributed by atoms with E-state index in [1.807, 2.05) is 24.3 Å². The van der Waals surface area contributed by atoms with Crippen molar-refractivity contribution in [3.63, 3.8) is 0 Å². The van der Waals surface area contributed by atoms with E-state index in [4.69, 9.17) is 4.74 Å². The highest BCUT2D eigenvalue weighted by atomic mass is 16.5. The summed E-state index contributed by atoms with van der Waals surface area (Å²) < 4.78 is 5.12. The Hall–Kier alpha value is -2.29. The summed E-state index contributed by atoms with van der Waals surface area (Å²) in [6, 6.07) is 14.1. The topological polar surface area (TPSA) is 38.3 Å². The van der Waals surface area contributed by atoms with Crippen LogP contribution >= 0.6 is 0 Å². The molecule has 2 rings (SSSR count). The van der Waals surface area contributed by atoms with Crippen molar-refractivity contribution in [1.82, 2.24) is 5.32 Å². The van der Waals surface area contributed by atoms with E-state index >= 15 is 0 Å². The molecule has 0 bridgehead atoms. The smallest absolute Gasteiger partial charge is 0.220 e. The van der Waals surface area contributed by atoms with Crippen LogP contribution < -0.4 is 10.1 Å². The summed E-state index contributed by atoms with van der Waals surface area (Å²) in [6.45, 7) is 4.74. The molecule has 0 saturated carbocycles. The molecule has 0 fully saturated rings. The maximum Gasteiger partial charge on any atom is 0.220 e. The van der Waals surface area contributed by atoms with Gasteiger partial charge in [-0.05, 0) is 49.1 Å². The minimum atomic E-state index is 0.0794. The molecule has 1 amide bonds. The van der Waals surface area contributed by atoms with Gasteiger partial charge in [0.15, 0.2) is 0 Å². The predicted octanol–water partition coefficient (Wildman–Crippen LogP) is 3.56. The number of amides is 1. The Kier molecular flexibility index (Phi) is 5.59. The Morgan fingerprint density at radius 1 is 1.09 bits per heavy atom. The van der Waals surface area contributed by atoms with E-state index in [1.165, 1.54) is 16.7 Å². The van der Waals surface area contributed by atoms with E-state index in [-0.39, 0.29) is 5.91 Å². The van der Waals surface area contributed by atoms with Crippen LogP contribution in [0.5, 0.6) is 5.75 Å². The van der Waals surface area contributed by atoms with Gasteiger partial charge in [-0.3, -0.25) is 4.79 Å². The van der Waals surface area contributed by atoms with Crippen LogP contribution in [0.4, 0.5) is 0 Å². The van der Waals surface area contributed by atoms with Gasteiger partial charge in [-0.2, -0.15) is 0 Å². The van der Waals surface area contributed by atoms with Crippen LogP contribution in [0.15, 0.2) is 42.5 Å². The fourth-order valence-electron chi connectivity index (χ4n) is 2.38. The van der Waals surface area contributed by atoms with Crippen molar-refractivity contribution >= 4 is 5.91 Å². The maximum atomic E-state index is 12.0. The molecule has 0 aliphatic heterocycles. The molecule has 116 valence electrons. The zero-order valence-corrected chi connectivity index (χ0v) is 13.5. The molecule has 1 N–H and O–H groups in total. The molecule has 0 aliphatic rings. The van der Waals surface area contributed by atoms with Gasteiger partial charge in [-0.15, -0.1) is 0 Å². The minimum Gasteiger partial charge on any atom is -0.497 e. The van der Waals surface area contributed by atoms with Gasteiger partial charge in [0.1, 0.15) is 5.75 Å². The number of hydrogen-bond donors (Lipinski definition) is 1. The molecule has 3 nitrogen and oxygen atoms in total. The Bertz CT molecular complexity index is 632. The number of carbonyl (C=O) groups excluding carboxylic acids is 1. The first kappa shape index (κ1) is 16.1. The molecule has 3 heteroatoms. The summed E-state index contributed by atoms with van der Waals surface area (Å²) in [6.07, 6.45) is 1.24. The Morgan fingerprint density at radius 3 is 2.45 bits per heavy atom. The van der Waals surface area contributed by atoms with Gasteiger partial charge in [0.05, 0.1) is 7.11 Å². The fourth-order valence-corrected chi connectivity index (χ4v) is 2.38. The minimum absolute atomic E-state index is 0.0794. The van der Waals surface area contributed by atoms with Crippen molar-refractivity contribution in [1.29, 1.82) is 0 Å². The standard InChI is InChI=1S/C19H23NO2/c1-14-4-8-17(15(2)12-14)13-20-19(21)11-7-16-5-9-18(22-3)10-6-16/h4-6,8-10,12H,7,11,13H2,1-3H3,(H,20,21). The second-order valence-corrected chi connectivity index (χ2v) is 5.55. The molecule has 0 heterocycles. The van der Waals surface area contributed by atoms with Gasteiger partial charge in [-0.1, -0.05) is 35.9 Å². The summed E-state index contributed by atoms with van der Waals surface area (Å²) >= 11 is 0. The van der Waals surface area contributed by atoms with Gasteiger partial charge >= 0.3 is 0 Å². The second kappa shape index (κ2) is 7.64. The molecule has 0 aromatic heterocycles. The molecular weight excluding hydrogens is 274 g/mol. The first-order valence-corrected chi connectivity index (χ1v) is 7.54. The third-order valence-electron chi connectivity index (χ3n) is 3.77. The Balaban J connectivity index is 1.80. The lowest BCUT2D eigenvalue weighted by molar-refractivity contribution is -0.121. The van der Waals surface area contributed by atoms with E-state index < -0.39 is 0 Å². The van der Waals surface area contributed by atoms with Gasteiger partial charge < -0.3 is 10.1 Å². The monoisotopic (exact) mass is 297 g/mol. The molecule has 0 spiro atoms. The summed E-state index contributed by atoms with van der Waals surface area (Å²) in [7, 11) is 1.65. The highest BCUT2D eigenvalue weighted by Crippen LogP contribution is 2.13. The number of rotatable bonds is 6. The Morgan fingerprint density at radius 2 is 1.82 bits per heavy atom. The number of ether oxygens (including phenoxy) is 1. The van der Waals surface area contributed by atoms with E-state index in [0.29, 0.717) is 13.0 Å². The van der Waals surface area contributed by atoms with Crippen molar-refractivity contribution in [3.05, 3.63) is 64.7 Å². The maximum absolute atomic E-state index is 12.0. The Labute approximate surface area is 132 Å². The van der Waals surface area contributed by atoms with Crippen LogP contribution in [-0.4, -0.2) is 13.0 Å². The molecule has 0 atom stereocenters. The average Bonchev–Trinajstić information content (AvgIpc) is 2.52.